The molecule has 1 fully saturated rings. The number of rotatable bonds is 7. The Kier molecular flexibility index (Phi) is 8.51. The molecule has 34 heavy (non-hydrogen) atoms. The summed E-state index contributed by atoms with van der Waals surface area (Å²) in [6, 6.07) is 7.06. The number of carbonyl (C=O) groups excluding carboxylic acids is 2. The zero-order chi connectivity index (χ0) is 24.7. The van der Waals surface area contributed by atoms with Crippen LogP contribution in [0.1, 0.15) is 42.9 Å². The van der Waals surface area contributed by atoms with Crippen molar-refractivity contribution in [1.82, 2.24) is 9.62 Å². The minimum absolute atomic E-state index is 0.170. The van der Waals surface area contributed by atoms with E-state index in [0.29, 0.717) is 18.7 Å². The lowest BCUT2D eigenvalue weighted by molar-refractivity contribution is -0.144. The van der Waals surface area contributed by atoms with Crippen molar-refractivity contribution < 1.29 is 31.5 Å². The van der Waals surface area contributed by atoms with E-state index in [1.807, 2.05) is 0 Å². The summed E-state index contributed by atoms with van der Waals surface area (Å²) in [6.07, 6.45) is 6.21. The van der Waals surface area contributed by atoms with Crippen LogP contribution in [0.25, 0.3) is 6.08 Å². The number of nitrogens with one attached hydrogen (secondary N) is 1. The first kappa shape index (κ1) is 25.5. The van der Waals surface area contributed by atoms with Gasteiger partial charge in [0.15, 0.2) is 6.04 Å². The van der Waals surface area contributed by atoms with Crippen LogP contribution in [0.5, 0.6) is 0 Å². The lowest BCUT2D eigenvalue weighted by atomic mass is 10.1. The molecular formula is C24H26F2N2O5S. The van der Waals surface area contributed by atoms with Crippen LogP contribution < -0.4 is 5.32 Å². The number of nitrogens with zero attached hydrogens (tertiary/aromatic N) is 1. The lowest BCUT2D eigenvalue weighted by Crippen LogP contribution is -2.34. The summed E-state index contributed by atoms with van der Waals surface area (Å²) >= 11 is 0. The van der Waals surface area contributed by atoms with Crippen LogP contribution in [-0.4, -0.2) is 44.8 Å². The van der Waals surface area contributed by atoms with Gasteiger partial charge >= 0.3 is 5.97 Å². The molecule has 182 valence electrons. The Balaban J connectivity index is 1.71. The van der Waals surface area contributed by atoms with E-state index < -0.39 is 39.6 Å². The molecule has 10 heteroatoms. The van der Waals surface area contributed by atoms with Crippen molar-refractivity contribution >= 4 is 28.0 Å². The van der Waals surface area contributed by atoms with E-state index >= 15 is 0 Å². The Labute approximate surface area is 197 Å². The lowest BCUT2D eigenvalue weighted by Gasteiger charge is -2.19. The first-order valence-electron chi connectivity index (χ1n) is 10.8. The normalized spacial score (nSPS) is 16.1. The molecule has 0 saturated carbocycles. The molecule has 7 nitrogen and oxygen atoms in total. The minimum atomic E-state index is -3.59. The quantitative estimate of drug-likeness (QED) is 0.471. The maximum atomic E-state index is 14.1. The maximum Gasteiger partial charge on any atom is 0.333 e. The number of esters is 1. The second-order valence-electron chi connectivity index (χ2n) is 7.85. The molecule has 1 unspecified atom stereocenters. The van der Waals surface area contributed by atoms with E-state index in [4.69, 9.17) is 0 Å². The number of sulfonamides is 1. The maximum absolute atomic E-state index is 14.1. The Morgan fingerprint density at radius 3 is 2.29 bits per heavy atom. The van der Waals surface area contributed by atoms with Crippen molar-refractivity contribution in [3.63, 3.8) is 0 Å². The van der Waals surface area contributed by atoms with E-state index in [1.165, 1.54) is 22.5 Å². The highest BCUT2D eigenvalue weighted by atomic mass is 32.2. The van der Waals surface area contributed by atoms with Gasteiger partial charge in [-0.05, 0) is 54.8 Å². The van der Waals surface area contributed by atoms with Crippen molar-refractivity contribution in [1.29, 1.82) is 0 Å². The highest BCUT2D eigenvalue weighted by molar-refractivity contribution is 7.89. The van der Waals surface area contributed by atoms with E-state index in [2.05, 4.69) is 10.1 Å². The predicted molar refractivity (Wildman–Crippen MR) is 122 cm³/mol. The fraction of sp³-hybridized carbons (Fsp3) is 0.333. The minimum Gasteiger partial charge on any atom is -0.467 e. The second-order valence-corrected chi connectivity index (χ2v) is 9.79. The van der Waals surface area contributed by atoms with Gasteiger partial charge in [0, 0.05) is 24.7 Å². The number of hydrogen-bond donors (Lipinski definition) is 1. The van der Waals surface area contributed by atoms with Crippen LogP contribution in [0.2, 0.25) is 0 Å². The van der Waals surface area contributed by atoms with Crippen molar-refractivity contribution in [2.45, 2.75) is 36.6 Å². The molecule has 1 N–H and O–H groups in total. The van der Waals surface area contributed by atoms with E-state index in [9.17, 15) is 26.8 Å². The molecule has 0 radical (unpaired) electrons. The van der Waals surface area contributed by atoms with Crippen LogP contribution in [0.3, 0.4) is 0 Å². The number of methoxy groups -OCH3 is 1. The van der Waals surface area contributed by atoms with Gasteiger partial charge in [-0.3, -0.25) is 4.79 Å². The third kappa shape index (κ3) is 6.27. The molecule has 0 aliphatic carbocycles. The van der Waals surface area contributed by atoms with E-state index in [-0.39, 0.29) is 10.5 Å². The molecule has 0 spiro atoms. The summed E-state index contributed by atoms with van der Waals surface area (Å²) in [7, 11) is -2.52. The van der Waals surface area contributed by atoms with Gasteiger partial charge in [0.2, 0.25) is 15.9 Å². The molecule has 1 aliphatic heterocycles. The van der Waals surface area contributed by atoms with E-state index in [1.54, 1.807) is 12.1 Å². The van der Waals surface area contributed by atoms with Gasteiger partial charge in [-0.25, -0.2) is 22.0 Å². The van der Waals surface area contributed by atoms with Crippen LogP contribution in [-0.2, 0) is 24.3 Å². The first-order chi connectivity index (χ1) is 16.2. The molecule has 1 aliphatic rings. The van der Waals surface area contributed by atoms with Gasteiger partial charge < -0.3 is 10.1 Å². The Hall–Kier alpha value is -3.11. The molecule has 1 heterocycles. The molecule has 3 rings (SSSR count). The zero-order valence-corrected chi connectivity index (χ0v) is 19.5. The number of amides is 1. The highest BCUT2D eigenvalue weighted by Crippen LogP contribution is 2.22. The van der Waals surface area contributed by atoms with Gasteiger partial charge in [0.1, 0.15) is 11.6 Å². The fourth-order valence-corrected chi connectivity index (χ4v) is 5.18. The molecular weight excluding hydrogens is 466 g/mol. The SMILES string of the molecule is COC(=O)C(NC(=O)C=Cc1ccc(S(=O)(=O)N2CCCCCC2)cc1)c1cc(F)ccc1F. The summed E-state index contributed by atoms with van der Waals surface area (Å²) in [4.78, 5) is 24.6. The Bertz CT molecular complexity index is 1160. The third-order valence-corrected chi connectivity index (χ3v) is 7.42. The summed E-state index contributed by atoms with van der Waals surface area (Å²) < 4.78 is 59.5. The number of carbonyl (C=O) groups is 2. The summed E-state index contributed by atoms with van der Waals surface area (Å²) in [6.45, 7) is 0.995. The first-order valence-corrected chi connectivity index (χ1v) is 12.3. The number of hydrogen-bond acceptors (Lipinski definition) is 5. The summed E-state index contributed by atoms with van der Waals surface area (Å²) in [5, 5.41) is 2.30. The van der Waals surface area contributed by atoms with Gasteiger partial charge in [-0.15, -0.1) is 0 Å². The van der Waals surface area contributed by atoms with Crippen molar-refractivity contribution in [3.05, 3.63) is 71.3 Å². The second kappa shape index (κ2) is 11.3. The van der Waals surface area contributed by atoms with Gasteiger partial charge in [-0.1, -0.05) is 25.0 Å². The molecule has 2 aromatic carbocycles. The zero-order valence-electron chi connectivity index (χ0n) is 18.7. The summed E-state index contributed by atoms with van der Waals surface area (Å²) in [5.74, 6) is -3.36. The smallest absolute Gasteiger partial charge is 0.333 e. The van der Waals surface area contributed by atoms with Crippen molar-refractivity contribution in [2.24, 2.45) is 0 Å². The van der Waals surface area contributed by atoms with Crippen LogP contribution in [0, 0.1) is 11.6 Å². The van der Waals surface area contributed by atoms with Crippen LogP contribution in [0.4, 0.5) is 8.78 Å². The Morgan fingerprint density at radius 2 is 1.68 bits per heavy atom. The monoisotopic (exact) mass is 492 g/mol. The average Bonchev–Trinajstić information content (AvgIpc) is 3.13. The highest BCUT2D eigenvalue weighted by Gasteiger charge is 2.27. The fourth-order valence-electron chi connectivity index (χ4n) is 3.66. The molecule has 0 aromatic heterocycles. The number of ether oxygens (including phenoxy) is 1. The molecule has 1 saturated heterocycles. The van der Waals surface area contributed by atoms with Crippen LogP contribution in [0.15, 0.2) is 53.4 Å². The molecule has 1 amide bonds. The van der Waals surface area contributed by atoms with Crippen molar-refractivity contribution in [3.8, 4) is 0 Å². The van der Waals surface area contributed by atoms with Gasteiger partial charge in [0.25, 0.3) is 0 Å². The molecule has 0 bridgehead atoms. The molecule has 1 atom stereocenters. The van der Waals surface area contributed by atoms with Crippen molar-refractivity contribution in [2.75, 3.05) is 20.2 Å². The number of halogens is 2. The Morgan fingerprint density at radius 1 is 1.03 bits per heavy atom. The average molecular weight is 493 g/mol. The largest absolute Gasteiger partial charge is 0.467 e. The van der Waals surface area contributed by atoms with Gasteiger partial charge in [0.05, 0.1) is 12.0 Å². The van der Waals surface area contributed by atoms with Gasteiger partial charge in [-0.2, -0.15) is 4.31 Å². The topological polar surface area (TPSA) is 92.8 Å². The van der Waals surface area contributed by atoms with E-state index in [0.717, 1.165) is 57.1 Å². The summed E-state index contributed by atoms with van der Waals surface area (Å²) in [5.41, 5.74) is 0.174. The molecule has 2 aromatic rings. The standard InChI is InChI=1S/C24H26F2N2O5S/c1-33-24(30)23(20-16-18(25)9-12-21(20)26)27-22(29)13-8-17-6-10-19(11-7-17)34(31,32)28-14-4-2-3-5-15-28/h6-13,16,23H,2-5,14-15H2,1H3,(H,27,29). The van der Waals surface area contributed by atoms with Crippen LogP contribution >= 0.6 is 0 Å². The number of benzene rings is 2. The third-order valence-electron chi connectivity index (χ3n) is 5.50. The predicted octanol–water partition coefficient (Wildman–Crippen LogP) is 3.57.